The first-order chi connectivity index (χ1) is 10.3. The van der Waals surface area contributed by atoms with Crippen molar-refractivity contribution < 1.29 is 18.7 Å². The minimum atomic E-state index is -0.491. The van der Waals surface area contributed by atoms with Crippen molar-refractivity contribution in [3.05, 3.63) is 29.6 Å². The molecule has 1 amide bonds. The van der Waals surface area contributed by atoms with Crippen LogP contribution in [0.5, 0.6) is 5.75 Å². The number of hydrogen-bond donors (Lipinski definition) is 0. The number of ether oxygens (including phenoxy) is 2. The van der Waals surface area contributed by atoms with E-state index in [1.54, 1.807) is 11.0 Å². The lowest BCUT2D eigenvalue weighted by Crippen LogP contribution is -2.53. The summed E-state index contributed by atoms with van der Waals surface area (Å²) in [6, 6.07) is 4.43. The Hall–Kier alpha value is -2.22. The summed E-state index contributed by atoms with van der Waals surface area (Å²) in [5, 5.41) is 0. The van der Waals surface area contributed by atoms with E-state index in [1.807, 2.05) is 20.8 Å². The summed E-state index contributed by atoms with van der Waals surface area (Å²) in [7, 11) is 0. The van der Waals surface area contributed by atoms with Crippen molar-refractivity contribution in [2.24, 2.45) is 5.92 Å². The van der Waals surface area contributed by atoms with Crippen LogP contribution in [-0.4, -0.2) is 36.3 Å². The van der Waals surface area contributed by atoms with Gasteiger partial charge >= 0.3 is 6.09 Å². The first-order valence-electron chi connectivity index (χ1n) is 7.15. The van der Waals surface area contributed by atoms with E-state index < -0.39 is 11.4 Å². The van der Waals surface area contributed by atoms with Gasteiger partial charge in [0.05, 0.1) is 12.2 Å². The smallest absolute Gasteiger partial charge is 0.410 e. The van der Waals surface area contributed by atoms with E-state index in [4.69, 9.17) is 15.9 Å². The van der Waals surface area contributed by atoms with Gasteiger partial charge in [-0.25, -0.2) is 9.18 Å². The molecule has 0 radical (unpaired) electrons. The Morgan fingerprint density at radius 1 is 1.45 bits per heavy atom. The third-order valence-electron chi connectivity index (χ3n) is 3.19. The van der Waals surface area contributed by atoms with E-state index in [0.717, 1.165) is 0 Å². The molecular weight excluding hydrogens is 285 g/mol. The third kappa shape index (κ3) is 4.14. The molecule has 4 nitrogen and oxygen atoms in total. The lowest BCUT2D eigenvalue weighted by molar-refractivity contribution is -0.00782. The molecule has 2 rings (SSSR count). The van der Waals surface area contributed by atoms with Crippen LogP contribution in [0, 0.1) is 24.1 Å². The zero-order valence-electron chi connectivity index (χ0n) is 13.1. The monoisotopic (exact) mass is 305 g/mol. The van der Waals surface area contributed by atoms with Crippen LogP contribution >= 0.6 is 0 Å². The Kier molecular flexibility index (Phi) is 4.60. The van der Waals surface area contributed by atoms with Crippen molar-refractivity contribution in [3.8, 4) is 18.1 Å². The Balaban J connectivity index is 1.76. The molecule has 0 bridgehead atoms. The summed E-state index contributed by atoms with van der Waals surface area (Å²) in [6.45, 7) is 7.09. The van der Waals surface area contributed by atoms with Gasteiger partial charge < -0.3 is 14.4 Å². The lowest BCUT2D eigenvalue weighted by atomic mass is 10.0. The largest absolute Gasteiger partial charge is 0.493 e. The van der Waals surface area contributed by atoms with Crippen molar-refractivity contribution in [1.29, 1.82) is 0 Å². The minimum absolute atomic E-state index is 0.215. The molecule has 1 aromatic rings. The molecule has 0 aromatic heterocycles. The van der Waals surface area contributed by atoms with Gasteiger partial charge in [-0.1, -0.05) is 5.92 Å². The molecule has 1 saturated heterocycles. The van der Waals surface area contributed by atoms with Crippen molar-refractivity contribution in [2.75, 3.05) is 19.7 Å². The summed E-state index contributed by atoms with van der Waals surface area (Å²) in [5.74, 6) is 2.45. The van der Waals surface area contributed by atoms with Gasteiger partial charge in [-0.15, -0.1) is 6.42 Å². The van der Waals surface area contributed by atoms with E-state index >= 15 is 0 Å². The number of hydrogen-bond acceptors (Lipinski definition) is 3. The van der Waals surface area contributed by atoms with Gasteiger partial charge in [-0.3, -0.25) is 0 Å². The van der Waals surface area contributed by atoms with Gasteiger partial charge in [0.15, 0.2) is 0 Å². The van der Waals surface area contributed by atoms with Crippen LogP contribution in [0.2, 0.25) is 0 Å². The average Bonchev–Trinajstić information content (AvgIpc) is 2.34. The topological polar surface area (TPSA) is 38.8 Å². The zero-order valence-corrected chi connectivity index (χ0v) is 13.1. The van der Waals surface area contributed by atoms with E-state index in [2.05, 4.69) is 5.92 Å². The maximum atomic E-state index is 13.5. The number of amides is 1. The fraction of sp³-hybridized carbons (Fsp3) is 0.471. The number of nitrogens with zero attached hydrogens (tertiary/aromatic N) is 1. The van der Waals surface area contributed by atoms with Crippen LogP contribution in [0.15, 0.2) is 18.2 Å². The number of halogens is 1. The van der Waals surface area contributed by atoms with Gasteiger partial charge in [0.1, 0.15) is 17.2 Å². The predicted molar refractivity (Wildman–Crippen MR) is 81.1 cm³/mol. The minimum Gasteiger partial charge on any atom is -0.493 e. The number of carbonyl (C=O) groups is 1. The summed E-state index contributed by atoms with van der Waals surface area (Å²) >= 11 is 0. The average molecular weight is 305 g/mol. The molecule has 0 aliphatic carbocycles. The molecule has 0 N–H and O–H groups in total. The molecule has 0 unspecified atom stereocenters. The van der Waals surface area contributed by atoms with Gasteiger partial charge in [0.25, 0.3) is 0 Å². The van der Waals surface area contributed by atoms with Gasteiger partial charge in [0, 0.05) is 25.1 Å². The zero-order chi connectivity index (χ0) is 16.3. The highest BCUT2D eigenvalue weighted by atomic mass is 19.1. The van der Waals surface area contributed by atoms with Crippen molar-refractivity contribution in [1.82, 2.24) is 4.90 Å². The lowest BCUT2D eigenvalue weighted by Gasteiger charge is -2.39. The molecule has 1 fully saturated rings. The highest BCUT2D eigenvalue weighted by Gasteiger charge is 2.34. The Bertz CT molecular complexity index is 595. The molecular formula is C17H20FNO3. The number of benzene rings is 1. The van der Waals surface area contributed by atoms with Crippen LogP contribution in [0.1, 0.15) is 26.3 Å². The normalized spacial score (nSPS) is 15.0. The molecule has 22 heavy (non-hydrogen) atoms. The van der Waals surface area contributed by atoms with Crippen molar-refractivity contribution in [2.45, 2.75) is 26.4 Å². The third-order valence-corrected chi connectivity index (χ3v) is 3.19. The quantitative estimate of drug-likeness (QED) is 0.806. The maximum absolute atomic E-state index is 13.5. The Labute approximate surface area is 130 Å². The second-order valence-electron chi connectivity index (χ2n) is 6.35. The highest BCUT2D eigenvalue weighted by molar-refractivity contribution is 5.69. The summed E-state index contributed by atoms with van der Waals surface area (Å²) in [4.78, 5) is 13.4. The maximum Gasteiger partial charge on any atom is 0.410 e. The predicted octanol–water partition coefficient (Wildman–Crippen LogP) is 3.05. The van der Waals surface area contributed by atoms with E-state index in [1.165, 1.54) is 12.1 Å². The number of terminal acetylenes is 1. The molecule has 1 heterocycles. The van der Waals surface area contributed by atoms with Crippen LogP contribution < -0.4 is 4.74 Å². The van der Waals surface area contributed by atoms with Crippen LogP contribution in [0.25, 0.3) is 0 Å². The number of carbonyl (C=O) groups excluding carboxylic acids is 1. The first-order valence-corrected chi connectivity index (χ1v) is 7.15. The molecule has 5 heteroatoms. The van der Waals surface area contributed by atoms with Crippen molar-refractivity contribution >= 4 is 6.09 Å². The van der Waals surface area contributed by atoms with E-state index in [0.29, 0.717) is 25.4 Å². The van der Waals surface area contributed by atoms with E-state index in [9.17, 15) is 9.18 Å². The fourth-order valence-corrected chi connectivity index (χ4v) is 2.07. The Morgan fingerprint density at radius 3 is 2.68 bits per heavy atom. The van der Waals surface area contributed by atoms with Gasteiger partial charge in [-0.05, 0) is 32.9 Å². The number of likely N-dealkylation sites (tertiary alicyclic amines) is 1. The molecule has 0 atom stereocenters. The van der Waals surface area contributed by atoms with Crippen LogP contribution in [0.4, 0.5) is 9.18 Å². The van der Waals surface area contributed by atoms with Gasteiger partial charge in [0.2, 0.25) is 0 Å². The second kappa shape index (κ2) is 6.27. The summed E-state index contributed by atoms with van der Waals surface area (Å²) < 4.78 is 24.3. The van der Waals surface area contributed by atoms with Crippen LogP contribution in [0.3, 0.4) is 0 Å². The Morgan fingerprint density at radius 2 is 2.14 bits per heavy atom. The van der Waals surface area contributed by atoms with Crippen LogP contribution in [-0.2, 0) is 4.74 Å². The fourth-order valence-electron chi connectivity index (χ4n) is 2.07. The number of rotatable bonds is 3. The highest BCUT2D eigenvalue weighted by Crippen LogP contribution is 2.22. The second-order valence-corrected chi connectivity index (χ2v) is 6.35. The standard InChI is InChI=1S/C17H20FNO3/c1-5-13-6-7-14(8-15(13)18)21-11-12-9-19(10-12)16(20)22-17(2,3)4/h1,6-8,12H,9-11H2,2-4H3. The molecule has 0 spiro atoms. The first kappa shape index (κ1) is 16.2. The van der Waals surface area contributed by atoms with Crippen molar-refractivity contribution in [3.63, 3.8) is 0 Å². The summed E-state index contributed by atoms with van der Waals surface area (Å²) in [6.07, 6.45) is 4.85. The molecule has 0 saturated carbocycles. The van der Waals surface area contributed by atoms with E-state index in [-0.39, 0.29) is 17.6 Å². The van der Waals surface area contributed by atoms with Gasteiger partial charge in [-0.2, -0.15) is 0 Å². The SMILES string of the molecule is C#Cc1ccc(OCC2CN(C(=O)OC(C)(C)C)C2)cc1F. The molecule has 1 aromatic carbocycles. The molecule has 118 valence electrons. The summed E-state index contributed by atoms with van der Waals surface area (Å²) in [5.41, 5.74) is -0.276. The molecule has 1 aliphatic rings. The molecule has 1 aliphatic heterocycles.